The minimum absolute atomic E-state index is 0.594. The molecule has 21 heavy (non-hydrogen) atoms. The Bertz CT molecular complexity index is 508. The fourth-order valence-electron chi connectivity index (χ4n) is 2.27. The third kappa shape index (κ3) is 5.85. The number of thiophene rings is 1. The van der Waals surface area contributed by atoms with E-state index in [4.69, 9.17) is 0 Å². The second-order valence-corrected chi connectivity index (χ2v) is 7.44. The van der Waals surface area contributed by atoms with Crippen LogP contribution in [-0.4, -0.2) is 18.3 Å². The highest BCUT2D eigenvalue weighted by Gasteiger charge is 2.10. The molecule has 1 aromatic heterocycles. The molecule has 1 N–H and O–H groups in total. The molecule has 0 radical (unpaired) electrons. The van der Waals surface area contributed by atoms with E-state index in [2.05, 4.69) is 60.9 Å². The monoisotopic (exact) mass is 319 g/mol. The maximum Gasteiger partial charge on any atom is 0.0165 e. The summed E-state index contributed by atoms with van der Waals surface area (Å²) in [5.74, 6) is 1.15. The fraction of sp³-hybridized carbons (Fsp3) is 0.444. The number of thioether (sulfide) groups is 1. The summed E-state index contributed by atoms with van der Waals surface area (Å²) in [6.07, 6.45) is 3.61. The highest BCUT2D eigenvalue weighted by molar-refractivity contribution is 7.99. The molecule has 1 heterocycles. The van der Waals surface area contributed by atoms with E-state index in [1.807, 2.05) is 23.1 Å². The van der Waals surface area contributed by atoms with E-state index >= 15 is 0 Å². The van der Waals surface area contributed by atoms with Gasteiger partial charge >= 0.3 is 0 Å². The highest BCUT2D eigenvalue weighted by atomic mass is 32.2. The summed E-state index contributed by atoms with van der Waals surface area (Å²) in [4.78, 5) is 2.91. The van der Waals surface area contributed by atoms with Crippen molar-refractivity contribution in [2.75, 3.05) is 12.3 Å². The van der Waals surface area contributed by atoms with Crippen LogP contribution in [0.2, 0.25) is 0 Å². The molecule has 0 aliphatic heterocycles. The predicted molar refractivity (Wildman–Crippen MR) is 96.6 cm³/mol. The van der Waals surface area contributed by atoms with Crippen molar-refractivity contribution in [1.29, 1.82) is 0 Å². The molecular weight excluding hydrogens is 294 g/mol. The van der Waals surface area contributed by atoms with Crippen LogP contribution in [0.1, 0.15) is 30.2 Å². The van der Waals surface area contributed by atoms with Crippen LogP contribution in [-0.2, 0) is 6.42 Å². The normalized spacial score (nSPS) is 12.5. The molecule has 1 nitrogen and oxygen atoms in total. The summed E-state index contributed by atoms with van der Waals surface area (Å²) in [7, 11) is 0. The molecule has 0 amide bonds. The SMILES string of the molecule is CCCNC(CCc1cccs1)CSc1ccccc1C. The molecule has 2 aromatic rings. The van der Waals surface area contributed by atoms with E-state index in [0.717, 1.165) is 12.3 Å². The molecule has 0 aliphatic rings. The van der Waals surface area contributed by atoms with Crippen LogP contribution in [0.5, 0.6) is 0 Å². The second kappa shape index (κ2) is 9.29. The molecule has 0 bridgehead atoms. The van der Waals surface area contributed by atoms with Crippen LogP contribution >= 0.6 is 23.1 Å². The zero-order valence-electron chi connectivity index (χ0n) is 13.0. The van der Waals surface area contributed by atoms with Crippen molar-refractivity contribution in [2.45, 2.75) is 44.0 Å². The van der Waals surface area contributed by atoms with E-state index < -0.39 is 0 Å². The Morgan fingerprint density at radius 3 is 2.76 bits per heavy atom. The first-order chi connectivity index (χ1) is 10.3. The zero-order valence-corrected chi connectivity index (χ0v) is 14.6. The fourth-order valence-corrected chi connectivity index (χ4v) is 4.13. The Morgan fingerprint density at radius 2 is 2.05 bits per heavy atom. The molecule has 0 saturated heterocycles. The van der Waals surface area contributed by atoms with Gasteiger partial charge in [-0.05, 0) is 55.8 Å². The number of nitrogens with one attached hydrogen (secondary N) is 1. The number of rotatable bonds is 9. The number of aryl methyl sites for hydroxylation is 2. The second-order valence-electron chi connectivity index (χ2n) is 5.35. The van der Waals surface area contributed by atoms with Gasteiger partial charge in [0.15, 0.2) is 0 Å². The summed E-state index contributed by atoms with van der Waals surface area (Å²) in [5.41, 5.74) is 1.38. The van der Waals surface area contributed by atoms with Crippen LogP contribution in [0.3, 0.4) is 0 Å². The number of hydrogen-bond donors (Lipinski definition) is 1. The van der Waals surface area contributed by atoms with Crippen LogP contribution in [0, 0.1) is 6.92 Å². The first-order valence-corrected chi connectivity index (χ1v) is 9.60. The average molecular weight is 320 g/mol. The lowest BCUT2D eigenvalue weighted by Gasteiger charge is -2.18. The first kappa shape index (κ1) is 16.6. The van der Waals surface area contributed by atoms with Gasteiger partial charge < -0.3 is 5.32 Å². The van der Waals surface area contributed by atoms with Crippen molar-refractivity contribution in [1.82, 2.24) is 5.32 Å². The lowest BCUT2D eigenvalue weighted by atomic mass is 10.1. The number of benzene rings is 1. The molecule has 0 saturated carbocycles. The van der Waals surface area contributed by atoms with Gasteiger partial charge in [-0.25, -0.2) is 0 Å². The minimum Gasteiger partial charge on any atom is -0.313 e. The highest BCUT2D eigenvalue weighted by Crippen LogP contribution is 2.23. The molecule has 1 unspecified atom stereocenters. The maximum absolute atomic E-state index is 3.71. The van der Waals surface area contributed by atoms with Gasteiger partial charge in [0.2, 0.25) is 0 Å². The van der Waals surface area contributed by atoms with Gasteiger partial charge in [0.25, 0.3) is 0 Å². The third-order valence-corrected chi connectivity index (χ3v) is 5.81. The molecule has 3 heteroatoms. The van der Waals surface area contributed by atoms with Gasteiger partial charge in [0.1, 0.15) is 0 Å². The summed E-state index contributed by atoms with van der Waals surface area (Å²) in [5, 5.41) is 5.88. The Morgan fingerprint density at radius 1 is 1.19 bits per heavy atom. The molecule has 0 fully saturated rings. The Hall–Kier alpha value is -0.770. The van der Waals surface area contributed by atoms with E-state index in [1.54, 1.807) is 0 Å². The lowest BCUT2D eigenvalue weighted by Crippen LogP contribution is -2.32. The van der Waals surface area contributed by atoms with Crippen molar-refractivity contribution in [3.63, 3.8) is 0 Å². The summed E-state index contributed by atoms with van der Waals surface area (Å²) >= 11 is 3.85. The Labute approximate surface area is 137 Å². The average Bonchev–Trinajstić information content (AvgIpc) is 3.01. The first-order valence-electron chi connectivity index (χ1n) is 7.73. The van der Waals surface area contributed by atoms with E-state index in [9.17, 15) is 0 Å². The molecule has 2 rings (SSSR count). The van der Waals surface area contributed by atoms with E-state index in [-0.39, 0.29) is 0 Å². The van der Waals surface area contributed by atoms with Gasteiger partial charge in [-0.3, -0.25) is 0 Å². The van der Waals surface area contributed by atoms with Crippen LogP contribution in [0.15, 0.2) is 46.7 Å². The van der Waals surface area contributed by atoms with Gasteiger partial charge in [0.05, 0.1) is 0 Å². The topological polar surface area (TPSA) is 12.0 Å². The molecule has 0 aliphatic carbocycles. The van der Waals surface area contributed by atoms with Crippen molar-refractivity contribution >= 4 is 23.1 Å². The molecule has 114 valence electrons. The third-order valence-electron chi connectivity index (χ3n) is 3.54. The molecule has 1 aromatic carbocycles. The van der Waals surface area contributed by atoms with Crippen molar-refractivity contribution < 1.29 is 0 Å². The van der Waals surface area contributed by atoms with Crippen LogP contribution in [0.25, 0.3) is 0 Å². The van der Waals surface area contributed by atoms with Crippen molar-refractivity contribution in [3.05, 3.63) is 52.2 Å². The molecule has 1 atom stereocenters. The molecular formula is C18H25NS2. The van der Waals surface area contributed by atoms with Crippen molar-refractivity contribution in [2.24, 2.45) is 0 Å². The standard InChI is InChI=1S/C18H25NS2/c1-3-12-19-16(10-11-17-8-6-13-20-17)14-21-18-9-5-4-7-15(18)2/h4-9,13,16,19H,3,10-12,14H2,1-2H3. The lowest BCUT2D eigenvalue weighted by molar-refractivity contribution is 0.521. The van der Waals surface area contributed by atoms with Crippen molar-refractivity contribution in [3.8, 4) is 0 Å². The van der Waals surface area contributed by atoms with E-state index in [0.29, 0.717) is 6.04 Å². The zero-order chi connectivity index (χ0) is 14.9. The Balaban J connectivity index is 1.85. The Kier molecular flexibility index (Phi) is 7.34. The van der Waals surface area contributed by atoms with E-state index in [1.165, 1.54) is 34.6 Å². The summed E-state index contributed by atoms with van der Waals surface area (Å²) < 4.78 is 0. The minimum atomic E-state index is 0.594. The van der Waals surface area contributed by atoms with Gasteiger partial charge in [0, 0.05) is 21.6 Å². The van der Waals surface area contributed by atoms with Crippen LogP contribution < -0.4 is 5.32 Å². The van der Waals surface area contributed by atoms with Gasteiger partial charge in [-0.15, -0.1) is 23.1 Å². The molecule has 0 spiro atoms. The maximum atomic E-state index is 3.71. The van der Waals surface area contributed by atoms with Gasteiger partial charge in [-0.2, -0.15) is 0 Å². The quantitative estimate of drug-likeness (QED) is 0.642. The number of hydrogen-bond acceptors (Lipinski definition) is 3. The van der Waals surface area contributed by atoms with Gasteiger partial charge in [-0.1, -0.05) is 31.2 Å². The van der Waals surface area contributed by atoms with Crippen LogP contribution in [0.4, 0.5) is 0 Å². The smallest absolute Gasteiger partial charge is 0.0165 e. The largest absolute Gasteiger partial charge is 0.313 e. The summed E-state index contributed by atoms with van der Waals surface area (Å²) in [6.45, 7) is 5.55. The predicted octanol–water partition coefficient (Wildman–Crippen LogP) is 5.15. The summed E-state index contributed by atoms with van der Waals surface area (Å²) in [6, 6.07) is 13.7.